The van der Waals surface area contributed by atoms with Crippen LogP contribution < -0.4 is 0 Å². The van der Waals surface area contributed by atoms with Gasteiger partial charge in [-0.3, -0.25) is 9.59 Å². The monoisotopic (exact) mass is 285 g/mol. The summed E-state index contributed by atoms with van der Waals surface area (Å²) in [6, 6.07) is 0. The van der Waals surface area contributed by atoms with E-state index >= 15 is 0 Å². The number of hydrogen-bond donors (Lipinski definition) is 1. The number of carboxylic acid groups (broad SMARTS) is 1. The summed E-state index contributed by atoms with van der Waals surface area (Å²) in [6.45, 7) is 3.88. The van der Waals surface area contributed by atoms with Gasteiger partial charge in [0.15, 0.2) is 0 Å². The van der Waals surface area contributed by atoms with Gasteiger partial charge in [-0.05, 0) is 13.3 Å². The van der Waals surface area contributed by atoms with Gasteiger partial charge in [0.2, 0.25) is 5.91 Å². The van der Waals surface area contributed by atoms with E-state index in [0.717, 1.165) is 30.6 Å². The second kappa shape index (κ2) is 7.87. The lowest BCUT2D eigenvalue weighted by atomic mass is 9.94. The number of esters is 1. The largest absolute Gasteiger partial charge is 0.465 e. The number of carbonyl (C=O) groups excluding carboxylic acids is 2. The number of unbranched alkanes of at least 4 members (excludes halogenated alkanes) is 4. The summed E-state index contributed by atoms with van der Waals surface area (Å²) in [5, 5.41) is 8.67. The Morgan fingerprint density at radius 3 is 2.55 bits per heavy atom. The molecule has 0 radical (unpaired) electrons. The average molecular weight is 285 g/mol. The van der Waals surface area contributed by atoms with Gasteiger partial charge in [-0.1, -0.05) is 32.6 Å². The Morgan fingerprint density at radius 1 is 1.35 bits per heavy atom. The van der Waals surface area contributed by atoms with Crippen molar-refractivity contribution in [1.82, 2.24) is 4.90 Å². The Labute approximate surface area is 119 Å². The van der Waals surface area contributed by atoms with Crippen LogP contribution in [0.5, 0.6) is 0 Å². The number of likely N-dealkylation sites (tertiary alicyclic amines) is 1. The summed E-state index contributed by atoms with van der Waals surface area (Å²) >= 11 is 0. The Morgan fingerprint density at radius 2 is 2.00 bits per heavy atom. The van der Waals surface area contributed by atoms with Crippen LogP contribution in [0.2, 0.25) is 0 Å². The molecule has 0 saturated carbocycles. The first-order chi connectivity index (χ1) is 9.47. The number of rotatable bonds is 8. The highest BCUT2D eigenvalue weighted by atomic mass is 16.5. The van der Waals surface area contributed by atoms with Gasteiger partial charge in [-0.15, -0.1) is 0 Å². The van der Waals surface area contributed by atoms with Gasteiger partial charge in [0.05, 0.1) is 5.92 Å². The highest BCUT2D eigenvalue weighted by Crippen LogP contribution is 2.23. The number of imide groups is 1. The van der Waals surface area contributed by atoms with Gasteiger partial charge in [-0.25, -0.2) is 9.69 Å². The van der Waals surface area contributed by atoms with Gasteiger partial charge in [-0.2, -0.15) is 0 Å². The number of nitrogens with zero attached hydrogens (tertiary/aromatic N) is 1. The van der Waals surface area contributed by atoms with Crippen molar-refractivity contribution in [3.05, 3.63) is 0 Å². The SMILES string of the molecule is CCCCCCCC(=O)O[C@H](C)[C@@H]1CN(C(=O)O)C1=O. The van der Waals surface area contributed by atoms with Crippen molar-refractivity contribution in [2.75, 3.05) is 6.54 Å². The maximum absolute atomic E-state index is 11.6. The van der Waals surface area contributed by atoms with E-state index in [9.17, 15) is 14.4 Å². The zero-order chi connectivity index (χ0) is 15.1. The Kier molecular flexibility index (Phi) is 6.48. The van der Waals surface area contributed by atoms with Gasteiger partial charge in [0, 0.05) is 13.0 Å². The maximum atomic E-state index is 11.6. The zero-order valence-corrected chi connectivity index (χ0v) is 12.1. The second-order valence-electron chi connectivity index (χ2n) is 5.20. The standard InChI is InChI=1S/C14H23NO5/c1-3-4-5-6-7-8-12(16)20-10(2)11-9-15(13(11)17)14(18)19/h10-11H,3-9H2,1-2H3,(H,18,19)/t10-,11+/m1/s1. The fourth-order valence-electron chi connectivity index (χ4n) is 2.20. The van der Waals surface area contributed by atoms with Crippen molar-refractivity contribution in [3.63, 3.8) is 0 Å². The molecule has 1 rings (SSSR count). The molecule has 2 atom stereocenters. The van der Waals surface area contributed by atoms with Crippen molar-refractivity contribution in [1.29, 1.82) is 0 Å². The van der Waals surface area contributed by atoms with E-state index < -0.39 is 24.0 Å². The molecule has 1 heterocycles. The first-order valence-electron chi connectivity index (χ1n) is 7.21. The van der Waals surface area contributed by atoms with Crippen molar-refractivity contribution >= 4 is 18.0 Å². The molecule has 2 amide bonds. The summed E-state index contributed by atoms with van der Waals surface area (Å²) in [5.74, 6) is -1.31. The molecule has 114 valence electrons. The van der Waals surface area contributed by atoms with E-state index in [4.69, 9.17) is 9.84 Å². The fourth-order valence-corrected chi connectivity index (χ4v) is 2.20. The molecular formula is C14H23NO5. The summed E-state index contributed by atoms with van der Waals surface area (Å²) in [5.41, 5.74) is 0. The van der Waals surface area contributed by atoms with Crippen LogP contribution in [0.1, 0.15) is 52.4 Å². The van der Waals surface area contributed by atoms with E-state index in [1.54, 1.807) is 6.92 Å². The number of ether oxygens (including phenoxy) is 1. The van der Waals surface area contributed by atoms with Crippen LogP contribution in [-0.2, 0) is 14.3 Å². The molecule has 20 heavy (non-hydrogen) atoms. The van der Waals surface area contributed by atoms with Gasteiger partial charge >= 0.3 is 12.1 Å². The van der Waals surface area contributed by atoms with Crippen molar-refractivity contribution in [2.45, 2.75) is 58.5 Å². The van der Waals surface area contributed by atoms with E-state index in [1.165, 1.54) is 6.42 Å². The molecule has 0 aromatic heterocycles. The molecule has 0 unspecified atom stereocenters. The van der Waals surface area contributed by atoms with Crippen LogP contribution in [0.15, 0.2) is 0 Å². The summed E-state index contributed by atoms with van der Waals surface area (Å²) in [4.78, 5) is 34.4. The van der Waals surface area contributed by atoms with Crippen molar-refractivity contribution in [2.24, 2.45) is 5.92 Å². The lowest BCUT2D eigenvalue weighted by Gasteiger charge is -2.37. The second-order valence-corrected chi connectivity index (χ2v) is 5.20. The summed E-state index contributed by atoms with van der Waals surface area (Å²) in [6.07, 6.45) is 3.81. The Balaban J connectivity index is 2.19. The molecule has 1 aliphatic rings. The quantitative estimate of drug-likeness (QED) is 0.420. The van der Waals surface area contributed by atoms with Gasteiger partial charge in [0.25, 0.3) is 0 Å². The Bertz CT molecular complexity index is 369. The van der Waals surface area contributed by atoms with E-state index in [-0.39, 0.29) is 12.5 Å². The van der Waals surface area contributed by atoms with Gasteiger partial charge < -0.3 is 9.84 Å². The molecule has 1 aliphatic heterocycles. The molecule has 0 aliphatic carbocycles. The summed E-state index contributed by atoms with van der Waals surface area (Å²) in [7, 11) is 0. The first kappa shape index (κ1) is 16.5. The topological polar surface area (TPSA) is 83.9 Å². The van der Waals surface area contributed by atoms with Gasteiger partial charge in [0.1, 0.15) is 6.10 Å². The van der Waals surface area contributed by atoms with E-state index in [0.29, 0.717) is 6.42 Å². The van der Waals surface area contributed by atoms with Crippen LogP contribution in [0.25, 0.3) is 0 Å². The van der Waals surface area contributed by atoms with Crippen LogP contribution in [-0.4, -0.2) is 40.6 Å². The van der Waals surface area contributed by atoms with Crippen molar-refractivity contribution < 1.29 is 24.2 Å². The minimum Gasteiger partial charge on any atom is -0.465 e. The predicted octanol–water partition coefficient (Wildman–Crippen LogP) is 2.42. The molecule has 6 heteroatoms. The summed E-state index contributed by atoms with van der Waals surface area (Å²) < 4.78 is 5.18. The number of amides is 2. The maximum Gasteiger partial charge on any atom is 0.414 e. The lowest BCUT2D eigenvalue weighted by molar-refractivity contribution is -0.162. The van der Waals surface area contributed by atoms with Crippen LogP contribution >= 0.6 is 0 Å². The normalized spacial score (nSPS) is 19.4. The molecule has 0 bridgehead atoms. The molecule has 0 aromatic carbocycles. The van der Waals surface area contributed by atoms with Crippen LogP contribution in [0.4, 0.5) is 4.79 Å². The smallest absolute Gasteiger partial charge is 0.414 e. The fraction of sp³-hybridized carbons (Fsp3) is 0.786. The minimum absolute atomic E-state index is 0.110. The average Bonchev–Trinajstić information content (AvgIpc) is 2.36. The molecule has 1 fully saturated rings. The number of hydrogen-bond acceptors (Lipinski definition) is 4. The predicted molar refractivity (Wildman–Crippen MR) is 72.2 cm³/mol. The van der Waals surface area contributed by atoms with Crippen LogP contribution in [0.3, 0.4) is 0 Å². The molecule has 0 aromatic rings. The minimum atomic E-state index is -1.25. The zero-order valence-electron chi connectivity index (χ0n) is 12.1. The molecule has 6 nitrogen and oxygen atoms in total. The number of carbonyl (C=O) groups is 3. The molecular weight excluding hydrogens is 262 g/mol. The van der Waals surface area contributed by atoms with Crippen LogP contribution in [0, 0.1) is 5.92 Å². The first-order valence-corrected chi connectivity index (χ1v) is 7.21. The molecule has 1 saturated heterocycles. The number of β-lactam (4-membered cyclic amide) rings is 1. The third-order valence-electron chi connectivity index (χ3n) is 3.56. The molecule has 1 N–H and O–H groups in total. The van der Waals surface area contributed by atoms with E-state index in [2.05, 4.69) is 6.92 Å². The van der Waals surface area contributed by atoms with Crippen molar-refractivity contribution in [3.8, 4) is 0 Å². The third kappa shape index (κ3) is 4.51. The lowest BCUT2D eigenvalue weighted by Crippen LogP contribution is -2.58. The molecule has 0 spiro atoms. The Hall–Kier alpha value is -1.59. The third-order valence-corrected chi connectivity index (χ3v) is 3.56. The highest BCUT2D eigenvalue weighted by Gasteiger charge is 2.45. The highest BCUT2D eigenvalue weighted by molar-refractivity contribution is 5.98. The van der Waals surface area contributed by atoms with E-state index in [1.807, 2.05) is 0 Å².